The molecule has 2 fully saturated rings. The highest BCUT2D eigenvalue weighted by atomic mass is 16.5. The fraction of sp³-hybridized carbons (Fsp3) is 0.812. The molecule has 1 aromatic heterocycles. The van der Waals surface area contributed by atoms with Crippen LogP contribution in [0.4, 0.5) is 0 Å². The normalized spacial score (nSPS) is 29.6. The molecule has 3 unspecified atom stereocenters. The van der Waals surface area contributed by atoms with Gasteiger partial charge >= 0.3 is 0 Å². The van der Waals surface area contributed by atoms with Crippen LogP contribution < -0.4 is 10.1 Å². The minimum absolute atomic E-state index is 0.367. The summed E-state index contributed by atoms with van der Waals surface area (Å²) in [4.78, 5) is 0. The molecule has 2 aliphatic carbocycles. The maximum atomic E-state index is 5.58. The first-order valence-corrected chi connectivity index (χ1v) is 8.00. The molecule has 1 aromatic rings. The molecule has 2 aliphatic rings. The summed E-state index contributed by atoms with van der Waals surface area (Å²) in [5.74, 6) is 3.68. The molecule has 20 heavy (non-hydrogen) atoms. The number of ether oxygens (including phenoxy) is 1. The Labute approximate surface area is 121 Å². The molecule has 0 amide bonds. The minimum Gasteiger partial charge on any atom is -0.493 e. The summed E-state index contributed by atoms with van der Waals surface area (Å²) in [7, 11) is 1.75. The molecule has 1 N–H and O–H groups in total. The number of aromatic nitrogens is 2. The SMILES string of the molecule is CCNC(c1c(OC)cnn1C(C)C)C1CC2CC2C1. The smallest absolute Gasteiger partial charge is 0.161 e. The van der Waals surface area contributed by atoms with Crippen LogP contribution in [-0.2, 0) is 0 Å². The quantitative estimate of drug-likeness (QED) is 0.868. The van der Waals surface area contributed by atoms with Crippen molar-refractivity contribution in [1.29, 1.82) is 0 Å². The van der Waals surface area contributed by atoms with Crippen LogP contribution >= 0.6 is 0 Å². The van der Waals surface area contributed by atoms with Gasteiger partial charge in [-0.1, -0.05) is 6.92 Å². The summed E-state index contributed by atoms with van der Waals surface area (Å²) < 4.78 is 7.71. The van der Waals surface area contributed by atoms with E-state index in [0.717, 1.165) is 30.0 Å². The van der Waals surface area contributed by atoms with Crippen LogP contribution in [0.2, 0.25) is 0 Å². The van der Waals surface area contributed by atoms with Crippen molar-refractivity contribution in [3.8, 4) is 5.75 Å². The number of methoxy groups -OCH3 is 1. The van der Waals surface area contributed by atoms with Gasteiger partial charge in [-0.2, -0.15) is 5.10 Å². The van der Waals surface area contributed by atoms with Gasteiger partial charge in [0.2, 0.25) is 0 Å². The Hall–Kier alpha value is -1.03. The maximum absolute atomic E-state index is 5.58. The fourth-order valence-electron chi connectivity index (χ4n) is 3.96. The largest absolute Gasteiger partial charge is 0.493 e. The molecule has 0 bridgehead atoms. The van der Waals surface area contributed by atoms with E-state index in [1.807, 2.05) is 6.20 Å². The van der Waals surface area contributed by atoms with Gasteiger partial charge in [0.1, 0.15) is 0 Å². The van der Waals surface area contributed by atoms with Crippen molar-refractivity contribution < 1.29 is 4.74 Å². The van der Waals surface area contributed by atoms with Gasteiger partial charge in [0, 0.05) is 6.04 Å². The summed E-state index contributed by atoms with van der Waals surface area (Å²) >= 11 is 0. The molecule has 4 nitrogen and oxygen atoms in total. The van der Waals surface area contributed by atoms with Crippen LogP contribution in [0.25, 0.3) is 0 Å². The van der Waals surface area contributed by atoms with Gasteiger partial charge in [-0.15, -0.1) is 0 Å². The molecular formula is C16H27N3O. The molecule has 0 aliphatic heterocycles. The Morgan fingerprint density at radius 1 is 1.35 bits per heavy atom. The van der Waals surface area contributed by atoms with Crippen molar-refractivity contribution in [3.05, 3.63) is 11.9 Å². The van der Waals surface area contributed by atoms with E-state index < -0.39 is 0 Å². The molecule has 3 rings (SSSR count). The predicted molar refractivity (Wildman–Crippen MR) is 79.9 cm³/mol. The van der Waals surface area contributed by atoms with Gasteiger partial charge < -0.3 is 10.1 Å². The van der Waals surface area contributed by atoms with Crippen LogP contribution in [0.3, 0.4) is 0 Å². The fourth-order valence-corrected chi connectivity index (χ4v) is 3.96. The average molecular weight is 277 g/mol. The molecule has 0 spiro atoms. The zero-order valence-corrected chi connectivity index (χ0v) is 13.1. The summed E-state index contributed by atoms with van der Waals surface area (Å²) in [5, 5.41) is 8.24. The van der Waals surface area contributed by atoms with Crippen LogP contribution in [-0.4, -0.2) is 23.4 Å². The Morgan fingerprint density at radius 2 is 2.05 bits per heavy atom. The summed E-state index contributed by atoms with van der Waals surface area (Å²) in [6.45, 7) is 7.55. The average Bonchev–Trinajstić information content (AvgIpc) is 2.89. The van der Waals surface area contributed by atoms with Crippen molar-refractivity contribution in [2.75, 3.05) is 13.7 Å². The van der Waals surface area contributed by atoms with Crippen molar-refractivity contribution in [3.63, 3.8) is 0 Å². The summed E-state index contributed by atoms with van der Waals surface area (Å²) in [6, 6.07) is 0.749. The second kappa shape index (κ2) is 5.40. The lowest BCUT2D eigenvalue weighted by molar-refractivity contribution is 0.307. The molecule has 3 atom stereocenters. The van der Waals surface area contributed by atoms with Crippen molar-refractivity contribution >= 4 is 0 Å². The Bertz CT molecular complexity index is 458. The van der Waals surface area contributed by atoms with Crippen molar-refractivity contribution in [1.82, 2.24) is 15.1 Å². The molecule has 1 heterocycles. The number of fused-ring (bicyclic) bond motifs is 1. The topological polar surface area (TPSA) is 39.1 Å². The first kappa shape index (κ1) is 13.9. The maximum Gasteiger partial charge on any atom is 0.161 e. The standard InChI is InChI=1S/C16H27N3O/c1-5-17-15(13-7-11-6-12(11)8-13)16-14(20-4)9-18-19(16)10(2)3/h9-13,15,17H,5-8H2,1-4H3. The molecule has 0 radical (unpaired) electrons. The first-order chi connectivity index (χ1) is 9.65. The van der Waals surface area contributed by atoms with Gasteiger partial charge in [-0.25, -0.2) is 0 Å². The lowest BCUT2D eigenvalue weighted by Crippen LogP contribution is -2.30. The highest BCUT2D eigenvalue weighted by Gasteiger charge is 2.48. The molecule has 112 valence electrons. The Balaban J connectivity index is 1.91. The first-order valence-electron chi connectivity index (χ1n) is 8.00. The molecule has 0 aromatic carbocycles. The Kier molecular flexibility index (Phi) is 3.76. The molecule has 0 saturated heterocycles. The summed E-state index contributed by atoms with van der Waals surface area (Å²) in [5.41, 5.74) is 1.25. The van der Waals surface area contributed by atoms with Crippen molar-refractivity contribution in [2.24, 2.45) is 17.8 Å². The third-order valence-corrected chi connectivity index (χ3v) is 4.98. The number of hydrogen-bond acceptors (Lipinski definition) is 3. The van der Waals surface area contributed by atoms with E-state index >= 15 is 0 Å². The lowest BCUT2D eigenvalue weighted by atomic mass is 9.91. The van der Waals surface area contributed by atoms with E-state index in [4.69, 9.17) is 4.74 Å². The van der Waals surface area contributed by atoms with Crippen LogP contribution in [0.5, 0.6) is 5.75 Å². The number of nitrogens with one attached hydrogen (secondary N) is 1. The highest BCUT2D eigenvalue weighted by Crippen LogP contribution is 2.57. The lowest BCUT2D eigenvalue weighted by Gasteiger charge is -2.28. The second-order valence-electron chi connectivity index (χ2n) is 6.66. The zero-order valence-electron chi connectivity index (χ0n) is 13.1. The van der Waals surface area contributed by atoms with E-state index in [1.165, 1.54) is 25.0 Å². The highest BCUT2D eigenvalue weighted by molar-refractivity contribution is 5.30. The second-order valence-corrected chi connectivity index (χ2v) is 6.66. The summed E-state index contributed by atoms with van der Waals surface area (Å²) in [6.07, 6.45) is 6.08. The van der Waals surface area contributed by atoms with E-state index in [2.05, 4.69) is 35.9 Å². The minimum atomic E-state index is 0.367. The van der Waals surface area contributed by atoms with Gasteiger partial charge in [-0.05, 0) is 57.4 Å². The monoisotopic (exact) mass is 277 g/mol. The zero-order chi connectivity index (χ0) is 14.3. The van der Waals surface area contributed by atoms with E-state index in [0.29, 0.717) is 12.1 Å². The van der Waals surface area contributed by atoms with E-state index in [9.17, 15) is 0 Å². The number of rotatable bonds is 6. The van der Waals surface area contributed by atoms with Crippen LogP contribution in [0.15, 0.2) is 6.20 Å². The molecular weight excluding hydrogens is 250 g/mol. The third kappa shape index (κ3) is 2.34. The van der Waals surface area contributed by atoms with Crippen LogP contribution in [0.1, 0.15) is 57.8 Å². The predicted octanol–water partition coefficient (Wildman–Crippen LogP) is 3.17. The van der Waals surface area contributed by atoms with Gasteiger partial charge in [0.15, 0.2) is 5.75 Å². The van der Waals surface area contributed by atoms with Gasteiger partial charge in [0.05, 0.1) is 25.0 Å². The van der Waals surface area contributed by atoms with Gasteiger partial charge in [-0.3, -0.25) is 4.68 Å². The molecule has 4 heteroatoms. The Morgan fingerprint density at radius 3 is 2.60 bits per heavy atom. The van der Waals surface area contributed by atoms with Crippen LogP contribution in [0, 0.1) is 17.8 Å². The number of hydrogen-bond donors (Lipinski definition) is 1. The third-order valence-electron chi connectivity index (χ3n) is 4.98. The van der Waals surface area contributed by atoms with E-state index in [-0.39, 0.29) is 0 Å². The van der Waals surface area contributed by atoms with Gasteiger partial charge in [0.25, 0.3) is 0 Å². The van der Waals surface area contributed by atoms with E-state index in [1.54, 1.807) is 7.11 Å². The van der Waals surface area contributed by atoms with Crippen molar-refractivity contribution in [2.45, 2.75) is 52.1 Å². The molecule has 2 saturated carbocycles. The number of nitrogens with zero attached hydrogens (tertiary/aromatic N) is 2.